The molecule has 0 aliphatic rings. The van der Waals surface area contributed by atoms with E-state index in [0.717, 1.165) is 4.48 Å². The van der Waals surface area contributed by atoms with Crippen molar-refractivity contribution in [1.29, 1.82) is 0 Å². The molecule has 12 heavy (non-hydrogen) atoms. The van der Waals surface area contributed by atoms with Crippen molar-refractivity contribution in [3.63, 3.8) is 0 Å². The molecule has 0 aliphatic carbocycles. The Balaban J connectivity index is 2.82. The van der Waals surface area contributed by atoms with Crippen LogP contribution in [0.15, 0.2) is 24.5 Å². The van der Waals surface area contributed by atoms with Gasteiger partial charge in [-0.1, -0.05) is 6.92 Å². The number of hydrogen-bond donors (Lipinski definition) is 0. The maximum atomic E-state index is 4.01. The fourth-order valence-electron chi connectivity index (χ4n) is 1.44. The summed E-state index contributed by atoms with van der Waals surface area (Å²) in [6, 6.07) is 4.16. The number of quaternary nitrogens is 1. The molecule has 2 heteroatoms. The molecule has 0 aromatic carbocycles. The molecule has 66 valence electrons. The minimum atomic E-state index is 0.943. The Bertz CT molecular complexity index is 229. The van der Waals surface area contributed by atoms with Crippen LogP contribution in [0.2, 0.25) is 0 Å². The third-order valence-corrected chi connectivity index (χ3v) is 2.14. The average molecular weight is 165 g/mol. The zero-order valence-corrected chi connectivity index (χ0v) is 8.12. The van der Waals surface area contributed by atoms with E-state index in [1.54, 1.807) is 0 Å². The van der Waals surface area contributed by atoms with Gasteiger partial charge in [0.15, 0.2) is 0 Å². The van der Waals surface area contributed by atoms with E-state index < -0.39 is 0 Å². The summed E-state index contributed by atoms with van der Waals surface area (Å²) < 4.78 is 0.943. The number of pyridine rings is 1. The first-order valence-electron chi connectivity index (χ1n) is 4.40. The van der Waals surface area contributed by atoms with Gasteiger partial charge in [0.1, 0.15) is 5.69 Å². The molecule has 1 aromatic rings. The Morgan fingerprint density at radius 1 is 1.25 bits per heavy atom. The summed E-state index contributed by atoms with van der Waals surface area (Å²) in [7, 11) is 4.44. The van der Waals surface area contributed by atoms with Crippen LogP contribution < -0.4 is 4.48 Å². The first-order chi connectivity index (χ1) is 5.67. The summed E-state index contributed by atoms with van der Waals surface area (Å²) in [5.74, 6) is 0. The smallest absolute Gasteiger partial charge is 0.135 e. The minimum Gasteiger partial charge on any atom is -0.296 e. The highest BCUT2D eigenvalue weighted by molar-refractivity contribution is 5.39. The summed E-state index contributed by atoms with van der Waals surface area (Å²) in [5, 5.41) is 0. The van der Waals surface area contributed by atoms with Crippen LogP contribution in [-0.4, -0.2) is 25.6 Å². The van der Waals surface area contributed by atoms with Crippen LogP contribution in [0.5, 0.6) is 0 Å². The van der Waals surface area contributed by atoms with Crippen molar-refractivity contribution in [2.24, 2.45) is 0 Å². The molecule has 0 spiro atoms. The van der Waals surface area contributed by atoms with Crippen molar-refractivity contribution < 1.29 is 0 Å². The van der Waals surface area contributed by atoms with Gasteiger partial charge in [-0.05, 0) is 6.42 Å². The molecule has 0 radical (unpaired) electrons. The van der Waals surface area contributed by atoms with Gasteiger partial charge in [-0.25, -0.2) is 0 Å². The minimum absolute atomic E-state index is 0.943. The Hall–Kier alpha value is -0.890. The number of rotatable bonds is 3. The molecule has 0 N–H and O–H groups in total. The summed E-state index contributed by atoms with van der Waals surface area (Å²) in [6.45, 7) is 3.38. The lowest BCUT2D eigenvalue weighted by atomic mass is 10.3. The topological polar surface area (TPSA) is 12.9 Å². The van der Waals surface area contributed by atoms with Crippen molar-refractivity contribution in [3.8, 4) is 0 Å². The molecular weight excluding hydrogens is 148 g/mol. The highest BCUT2D eigenvalue weighted by Crippen LogP contribution is 2.16. The van der Waals surface area contributed by atoms with Gasteiger partial charge in [-0.3, -0.25) is 9.47 Å². The monoisotopic (exact) mass is 165 g/mol. The lowest BCUT2D eigenvalue weighted by Gasteiger charge is -2.28. The highest BCUT2D eigenvalue weighted by Gasteiger charge is 2.16. The number of hydrogen-bond acceptors (Lipinski definition) is 1. The van der Waals surface area contributed by atoms with Crippen molar-refractivity contribution in [2.45, 2.75) is 13.3 Å². The first-order valence-corrected chi connectivity index (χ1v) is 4.40. The van der Waals surface area contributed by atoms with E-state index in [4.69, 9.17) is 0 Å². The second kappa shape index (κ2) is 3.68. The Kier molecular flexibility index (Phi) is 2.82. The second-order valence-electron chi connectivity index (χ2n) is 3.61. The van der Waals surface area contributed by atoms with Gasteiger partial charge in [0, 0.05) is 24.5 Å². The highest BCUT2D eigenvalue weighted by atomic mass is 15.3. The summed E-state index contributed by atoms with van der Waals surface area (Å²) in [5.41, 5.74) is 1.33. The third-order valence-electron chi connectivity index (χ3n) is 2.14. The fourth-order valence-corrected chi connectivity index (χ4v) is 1.44. The molecule has 1 aromatic heterocycles. The third kappa shape index (κ3) is 2.05. The van der Waals surface area contributed by atoms with Gasteiger partial charge in [0.2, 0.25) is 0 Å². The predicted octanol–water partition coefficient (Wildman–Crippen LogP) is 2.06. The molecule has 2 nitrogen and oxygen atoms in total. The Morgan fingerprint density at radius 3 is 2.33 bits per heavy atom. The molecule has 0 bridgehead atoms. The van der Waals surface area contributed by atoms with Crippen LogP contribution in [0.3, 0.4) is 0 Å². The van der Waals surface area contributed by atoms with Gasteiger partial charge in [-0.2, -0.15) is 0 Å². The molecule has 0 saturated heterocycles. The van der Waals surface area contributed by atoms with E-state index >= 15 is 0 Å². The predicted molar refractivity (Wildman–Crippen MR) is 53.0 cm³/mol. The van der Waals surface area contributed by atoms with Gasteiger partial charge in [0.25, 0.3) is 0 Å². The van der Waals surface area contributed by atoms with E-state index in [1.807, 2.05) is 12.4 Å². The molecule has 0 saturated carbocycles. The lowest BCUT2D eigenvalue weighted by Crippen LogP contribution is -2.40. The lowest BCUT2D eigenvalue weighted by molar-refractivity contribution is 0.397. The molecular formula is C10H17N2+. The number of nitrogens with zero attached hydrogens (tertiary/aromatic N) is 2. The summed E-state index contributed by atoms with van der Waals surface area (Å²) in [4.78, 5) is 4.01. The summed E-state index contributed by atoms with van der Waals surface area (Å²) in [6.07, 6.45) is 4.91. The maximum absolute atomic E-state index is 4.01. The van der Waals surface area contributed by atoms with Gasteiger partial charge < -0.3 is 0 Å². The Labute approximate surface area is 74.4 Å². The van der Waals surface area contributed by atoms with Gasteiger partial charge in [0.05, 0.1) is 20.6 Å². The first kappa shape index (κ1) is 9.20. The molecule has 0 fully saturated rings. The molecule has 1 rings (SSSR count). The maximum Gasteiger partial charge on any atom is 0.135 e. The van der Waals surface area contributed by atoms with E-state index in [2.05, 4.69) is 38.1 Å². The summed E-state index contributed by atoms with van der Waals surface area (Å²) >= 11 is 0. The molecule has 1 heterocycles. The van der Waals surface area contributed by atoms with Crippen molar-refractivity contribution in [1.82, 2.24) is 9.47 Å². The second-order valence-corrected chi connectivity index (χ2v) is 3.61. The standard InChI is InChI=1S/C10H17N2/c1-4-9-12(2,3)10-5-7-11-8-6-10/h5-8H,4,9H2,1-3H3/q+1. The van der Waals surface area contributed by atoms with Crippen molar-refractivity contribution >= 4 is 5.69 Å². The van der Waals surface area contributed by atoms with E-state index in [9.17, 15) is 0 Å². The zero-order chi connectivity index (χ0) is 9.03. The van der Waals surface area contributed by atoms with E-state index in [1.165, 1.54) is 18.7 Å². The molecule has 0 unspecified atom stereocenters. The quantitative estimate of drug-likeness (QED) is 0.625. The average Bonchev–Trinajstić information content (AvgIpc) is 2.06. The Morgan fingerprint density at radius 2 is 1.83 bits per heavy atom. The fraction of sp³-hybridized carbons (Fsp3) is 0.500. The molecule has 0 amide bonds. The largest absolute Gasteiger partial charge is 0.296 e. The number of aromatic nitrogens is 1. The van der Waals surface area contributed by atoms with Crippen LogP contribution in [-0.2, 0) is 0 Å². The van der Waals surface area contributed by atoms with Gasteiger partial charge >= 0.3 is 0 Å². The van der Waals surface area contributed by atoms with E-state index in [0.29, 0.717) is 0 Å². The zero-order valence-electron chi connectivity index (χ0n) is 8.12. The van der Waals surface area contributed by atoms with Crippen molar-refractivity contribution in [3.05, 3.63) is 24.5 Å². The van der Waals surface area contributed by atoms with Crippen LogP contribution >= 0.6 is 0 Å². The SMILES string of the molecule is CCC[N+](C)(C)c1ccncc1. The normalized spacial score (nSPS) is 11.6. The molecule has 0 aliphatic heterocycles. The van der Waals surface area contributed by atoms with E-state index in [-0.39, 0.29) is 0 Å². The van der Waals surface area contributed by atoms with Gasteiger partial charge in [-0.15, -0.1) is 0 Å². The van der Waals surface area contributed by atoms with Crippen LogP contribution in [0.1, 0.15) is 13.3 Å². The van der Waals surface area contributed by atoms with Crippen LogP contribution in [0.25, 0.3) is 0 Å². The van der Waals surface area contributed by atoms with Crippen LogP contribution in [0.4, 0.5) is 5.69 Å². The van der Waals surface area contributed by atoms with Crippen molar-refractivity contribution in [2.75, 3.05) is 20.6 Å². The van der Waals surface area contributed by atoms with Crippen LogP contribution in [0, 0.1) is 0 Å². The molecule has 0 atom stereocenters.